The van der Waals surface area contributed by atoms with E-state index in [1.165, 1.54) is 11.3 Å². The first-order valence-corrected chi connectivity index (χ1v) is 7.00. The van der Waals surface area contributed by atoms with Gasteiger partial charge in [-0.3, -0.25) is 10.2 Å². The molecule has 0 aliphatic carbocycles. The molecule has 0 bridgehead atoms. The van der Waals surface area contributed by atoms with Crippen LogP contribution in [-0.4, -0.2) is 12.5 Å². The molecule has 20 heavy (non-hydrogen) atoms. The van der Waals surface area contributed by atoms with Gasteiger partial charge >= 0.3 is 0 Å². The fourth-order valence-electron chi connectivity index (χ4n) is 1.62. The van der Waals surface area contributed by atoms with E-state index in [1.54, 1.807) is 6.07 Å². The number of hydrogen-bond donors (Lipinski definition) is 2. The quantitative estimate of drug-likeness (QED) is 0.372. The van der Waals surface area contributed by atoms with E-state index in [2.05, 4.69) is 5.43 Å². The van der Waals surface area contributed by atoms with Gasteiger partial charge in [-0.1, -0.05) is 42.5 Å². The fourth-order valence-corrected chi connectivity index (χ4v) is 2.47. The van der Waals surface area contributed by atoms with Gasteiger partial charge in [0.15, 0.2) is 0 Å². The number of hydrogen-bond acceptors (Lipinski definition) is 4. The normalized spacial score (nSPS) is 10.8. The lowest BCUT2D eigenvalue weighted by Crippen LogP contribution is -2.29. The van der Waals surface area contributed by atoms with Crippen molar-refractivity contribution in [1.29, 1.82) is 0 Å². The van der Waals surface area contributed by atoms with Crippen molar-refractivity contribution < 1.29 is 9.53 Å². The molecule has 0 saturated carbocycles. The molecule has 0 spiro atoms. The van der Waals surface area contributed by atoms with Crippen LogP contribution in [0.25, 0.3) is 6.08 Å². The smallest absolute Gasteiger partial charge is 0.275 e. The molecule has 3 N–H and O–H groups in total. The van der Waals surface area contributed by atoms with Gasteiger partial charge in [-0.25, -0.2) is 5.84 Å². The number of ether oxygens (including phenoxy) is 1. The molecule has 0 saturated heterocycles. The van der Waals surface area contributed by atoms with Gasteiger partial charge in [0.2, 0.25) is 0 Å². The summed E-state index contributed by atoms with van der Waals surface area (Å²) in [6, 6.07) is 13.7. The SMILES string of the molecule is NNC(=O)c1ccc(COCC=Cc2ccccc2)s1. The van der Waals surface area contributed by atoms with Crippen molar-refractivity contribution >= 4 is 23.3 Å². The highest BCUT2D eigenvalue weighted by Gasteiger charge is 2.06. The van der Waals surface area contributed by atoms with E-state index < -0.39 is 0 Å². The summed E-state index contributed by atoms with van der Waals surface area (Å²) in [6.45, 7) is 1.02. The van der Waals surface area contributed by atoms with Crippen LogP contribution >= 0.6 is 11.3 Å². The van der Waals surface area contributed by atoms with E-state index in [0.29, 0.717) is 18.1 Å². The highest BCUT2D eigenvalue weighted by molar-refractivity contribution is 7.14. The lowest BCUT2D eigenvalue weighted by Gasteiger charge is -1.98. The zero-order valence-corrected chi connectivity index (χ0v) is 11.7. The van der Waals surface area contributed by atoms with Gasteiger partial charge in [0.05, 0.1) is 18.1 Å². The molecule has 104 valence electrons. The average molecular weight is 288 g/mol. The second kappa shape index (κ2) is 7.59. The first-order valence-electron chi connectivity index (χ1n) is 6.18. The predicted octanol–water partition coefficient (Wildman–Crippen LogP) is 2.58. The maximum absolute atomic E-state index is 11.3. The van der Waals surface area contributed by atoms with Crippen LogP contribution in [0.4, 0.5) is 0 Å². The number of amides is 1. The van der Waals surface area contributed by atoms with Gasteiger partial charge < -0.3 is 4.74 Å². The summed E-state index contributed by atoms with van der Waals surface area (Å²) in [5.41, 5.74) is 3.26. The van der Waals surface area contributed by atoms with Gasteiger partial charge in [0.1, 0.15) is 0 Å². The summed E-state index contributed by atoms with van der Waals surface area (Å²) in [7, 11) is 0. The molecule has 0 aliphatic rings. The molecule has 0 atom stereocenters. The Morgan fingerprint density at radius 2 is 2.05 bits per heavy atom. The van der Waals surface area contributed by atoms with Crippen molar-refractivity contribution in [3.8, 4) is 0 Å². The van der Waals surface area contributed by atoms with E-state index in [1.807, 2.05) is 48.6 Å². The van der Waals surface area contributed by atoms with Crippen molar-refractivity contribution in [3.05, 3.63) is 63.9 Å². The van der Waals surface area contributed by atoms with E-state index in [0.717, 1.165) is 10.4 Å². The standard InChI is InChI=1S/C15H16N2O2S/c16-17-15(18)14-9-8-13(20-14)11-19-10-4-7-12-5-2-1-3-6-12/h1-9H,10-11,16H2,(H,17,18). The van der Waals surface area contributed by atoms with Crippen LogP contribution < -0.4 is 11.3 Å². The number of benzene rings is 1. The predicted molar refractivity (Wildman–Crippen MR) is 81.1 cm³/mol. The van der Waals surface area contributed by atoms with E-state index >= 15 is 0 Å². The molecule has 0 aliphatic heterocycles. The molecule has 0 radical (unpaired) electrons. The van der Waals surface area contributed by atoms with Crippen LogP contribution in [-0.2, 0) is 11.3 Å². The Balaban J connectivity index is 1.75. The van der Waals surface area contributed by atoms with Crippen molar-refractivity contribution in [1.82, 2.24) is 5.43 Å². The number of carbonyl (C=O) groups excluding carboxylic acids is 1. The van der Waals surface area contributed by atoms with Gasteiger partial charge in [-0.2, -0.15) is 0 Å². The highest BCUT2D eigenvalue weighted by atomic mass is 32.1. The Morgan fingerprint density at radius 3 is 2.80 bits per heavy atom. The third-order valence-corrected chi connectivity index (χ3v) is 3.64. The molecule has 0 unspecified atom stereocenters. The minimum Gasteiger partial charge on any atom is -0.372 e. The molecule has 2 rings (SSSR count). The summed E-state index contributed by atoms with van der Waals surface area (Å²) >= 11 is 1.38. The maximum atomic E-state index is 11.3. The molecular weight excluding hydrogens is 272 g/mol. The van der Waals surface area contributed by atoms with E-state index in [9.17, 15) is 4.79 Å². The Labute approximate surface area is 121 Å². The van der Waals surface area contributed by atoms with Gasteiger partial charge in [-0.15, -0.1) is 11.3 Å². The molecule has 0 fully saturated rings. The number of nitrogen functional groups attached to an aromatic ring is 1. The molecule has 4 nitrogen and oxygen atoms in total. The molecule has 1 aromatic carbocycles. The summed E-state index contributed by atoms with van der Waals surface area (Å²) in [5, 5.41) is 0. The first kappa shape index (κ1) is 14.5. The van der Waals surface area contributed by atoms with Crippen LogP contribution in [0.5, 0.6) is 0 Å². The topological polar surface area (TPSA) is 64.3 Å². The zero-order valence-electron chi connectivity index (χ0n) is 10.9. The van der Waals surface area contributed by atoms with Gasteiger partial charge in [0.25, 0.3) is 5.91 Å². The van der Waals surface area contributed by atoms with Crippen LogP contribution in [0.2, 0.25) is 0 Å². The Hall–Kier alpha value is -1.95. The minimum absolute atomic E-state index is 0.273. The summed E-state index contributed by atoms with van der Waals surface area (Å²) in [5.74, 6) is 4.80. The van der Waals surface area contributed by atoms with E-state index in [4.69, 9.17) is 10.6 Å². The van der Waals surface area contributed by atoms with E-state index in [-0.39, 0.29) is 5.91 Å². The van der Waals surface area contributed by atoms with Crippen LogP contribution in [0.3, 0.4) is 0 Å². The third kappa shape index (κ3) is 4.31. The second-order valence-corrected chi connectivity index (χ2v) is 5.24. The molecule has 5 heteroatoms. The average Bonchev–Trinajstić information content (AvgIpc) is 2.96. The fraction of sp³-hybridized carbons (Fsp3) is 0.133. The molecule has 2 aromatic rings. The van der Waals surface area contributed by atoms with Gasteiger partial charge in [0, 0.05) is 4.88 Å². The third-order valence-electron chi connectivity index (χ3n) is 2.58. The number of nitrogens with one attached hydrogen (secondary N) is 1. The largest absolute Gasteiger partial charge is 0.372 e. The van der Waals surface area contributed by atoms with Crippen LogP contribution in [0.15, 0.2) is 48.5 Å². The van der Waals surface area contributed by atoms with Crippen LogP contribution in [0.1, 0.15) is 20.1 Å². The van der Waals surface area contributed by atoms with Crippen LogP contribution in [0, 0.1) is 0 Å². The lowest BCUT2D eigenvalue weighted by molar-refractivity contribution is 0.0957. The lowest BCUT2D eigenvalue weighted by atomic mass is 10.2. The Bertz CT molecular complexity index is 579. The molecular formula is C15H16N2O2S. The first-order chi connectivity index (χ1) is 9.79. The molecule has 1 amide bonds. The number of nitrogens with two attached hydrogens (primary N) is 1. The minimum atomic E-state index is -0.273. The Morgan fingerprint density at radius 1 is 1.25 bits per heavy atom. The molecule has 1 aromatic heterocycles. The molecule has 1 heterocycles. The number of thiophene rings is 1. The monoisotopic (exact) mass is 288 g/mol. The summed E-state index contributed by atoms with van der Waals surface area (Å²) < 4.78 is 5.53. The number of rotatable bonds is 6. The van der Waals surface area contributed by atoms with Crippen molar-refractivity contribution in [2.45, 2.75) is 6.61 Å². The zero-order chi connectivity index (χ0) is 14.2. The second-order valence-electron chi connectivity index (χ2n) is 4.07. The van der Waals surface area contributed by atoms with Crippen molar-refractivity contribution in [2.24, 2.45) is 5.84 Å². The summed E-state index contributed by atoms with van der Waals surface area (Å²) in [6.07, 6.45) is 3.98. The number of hydrazine groups is 1. The maximum Gasteiger partial charge on any atom is 0.275 e. The van der Waals surface area contributed by atoms with Crippen molar-refractivity contribution in [3.63, 3.8) is 0 Å². The summed E-state index contributed by atoms with van der Waals surface area (Å²) in [4.78, 5) is 12.9. The van der Waals surface area contributed by atoms with Gasteiger partial charge in [-0.05, 0) is 17.7 Å². The van der Waals surface area contributed by atoms with Crippen molar-refractivity contribution in [2.75, 3.05) is 6.61 Å². The highest BCUT2D eigenvalue weighted by Crippen LogP contribution is 2.17. The number of carbonyl (C=O) groups is 1. The Kier molecular flexibility index (Phi) is 5.49.